The molecule has 7 heteroatoms. The zero-order valence-electron chi connectivity index (χ0n) is 10.5. The smallest absolute Gasteiger partial charge is 0.329 e. The zero-order valence-corrected chi connectivity index (χ0v) is 12.1. The van der Waals surface area contributed by atoms with Gasteiger partial charge in [0.05, 0.1) is 10.6 Å². The third-order valence-corrected chi connectivity index (χ3v) is 4.67. The summed E-state index contributed by atoms with van der Waals surface area (Å²) in [4.78, 5) is 23.6. The van der Waals surface area contributed by atoms with Gasteiger partial charge in [-0.05, 0) is 36.5 Å². The highest BCUT2D eigenvalue weighted by Crippen LogP contribution is 2.28. The first-order valence-electron chi connectivity index (χ1n) is 6.04. The molecule has 1 aliphatic heterocycles. The lowest BCUT2D eigenvalue weighted by Crippen LogP contribution is -2.56. The maximum absolute atomic E-state index is 13.3. The number of amides is 1. The van der Waals surface area contributed by atoms with Crippen LogP contribution in [0, 0.1) is 5.82 Å². The number of carbonyl (C=O) groups is 2. The lowest BCUT2D eigenvalue weighted by Gasteiger charge is -2.33. The number of aliphatic carboxylic acids is 1. The molecule has 1 heterocycles. The minimum Gasteiger partial charge on any atom is -0.480 e. The first-order chi connectivity index (χ1) is 9.46. The van der Waals surface area contributed by atoms with Crippen molar-refractivity contribution in [3.63, 3.8) is 0 Å². The van der Waals surface area contributed by atoms with Gasteiger partial charge in [-0.25, -0.2) is 9.18 Å². The Morgan fingerprint density at radius 1 is 1.35 bits per heavy atom. The zero-order chi connectivity index (χ0) is 14.8. The quantitative estimate of drug-likeness (QED) is 0.899. The first kappa shape index (κ1) is 15.1. The van der Waals surface area contributed by atoms with Crippen LogP contribution in [0.2, 0.25) is 5.02 Å². The van der Waals surface area contributed by atoms with Crippen LogP contribution in [0.15, 0.2) is 18.2 Å². The van der Waals surface area contributed by atoms with Crippen molar-refractivity contribution in [1.82, 2.24) is 5.32 Å². The fourth-order valence-corrected chi connectivity index (χ4v) is 3.48. The Labute approximate surface area is 124 Å². The minimum absolute atomic E-state index is 0.0504. The molecule has 0 aliphatic carbocycles. The van der Waals surface area contributed by atoms with Gasteiger partial charge in [-0.15, -0.1) is 0 Å². The second kappa shape index (κ2) is 6.01. The van der Waals surface area contributed by atoms with E-state index in [2.05, 4.69) is 5.32 Å². The van der Waals surface area contributed by atoms with Crippen LogP contribution < -0.4 is 5.32 Å². The number of carbonyl (C=O) groups excluding carboxylic acids is 1. The van der Waals surface area contributed by atoms with Gasteiger partial charge in [0.25, 0.3) is 5.91 Å². The Morgan fingerprint density at radius 2 is 2.00 bits per heavy atom. The maximum atomic E-state index is 13.3. The summed E-state index contributed by atoms with van der Waals surface area (Å²) in [5, 5.41) is 11.6. The number of thioether (sulfide) groups is 1. The molecule has 1 aliphatic rings. The number of hydrogen-bond acceptors (Lipinski definition) is 3. The average molecular weight is 318 g/mol. The van der Waals surface area contributed by atoms with E-state index in [-0.39, 0.29) is 10.6 Å². The van der Waals surface area contributed by atoms with Gasteiger partial charge in [0.2, 0.25) is 0 Å². The van der Waals surface area contributed by atoms with Crippen molar-refractivity contribution in [3.8, 4) is 0 Å². The van der Waals surface area contributed by atoms with E-state index in [1.807, 2.05) is 0 Å². The van der Waals surface area contributed by atoms with Crippen molar-refractivity contribution in [2.24, 2.45) is 0 Å². The number of nitrogens with one attached hydrogen (secondary N) is 1. The third kappa shape index (κ3) is 2.91. The maximum Gasteiger partial charge on any atom is 0.329 e. The molecule has 0 unspecified atom stereocenters. The molecule has 0 saturated carbocycles. The normalized spacial score (nSPS) is 17.5. The van der Waals surface area contributed by atoms with Crippen LogP contribution in [0.4, 0.5) is 4.39 Å². The van der Waals surface area contributed by atoms with Gasteiger partial charge in [-0.2, -0.15) is 11.8 Å². The molecule has 1 fully saturated rings. The van der Waals surface area contributed by atoms with Crippen molar-refractivity contribution >= 4 is 35.2 Å². The number of carboxylic acid groups (broad SMARTS) is 1. The topological polar surface area (TPSA) is 66.4 Å². The molecule has 0 spiro atoms. The SMILES string of the molecule is O=C(NC1(C(=O)O)CCSCC1)c1cccc(F)c1Cl. The molecule has 4 nitrogen and oxygen atoms in total. The summed E-state index contributed by atoms with van der Waals surface area (Å²) in [6.45, 7) is 0. The van der Waals surface area contributed by atoms with Crippen molar-refractivity contribution in [1.29, 1.82) is 0 Å². The van der Waals surface area contributed by atoms with Crippen LogP contribution in [0.3, 0.4) is 0 Å². The Kier molecular flexibility index (Phi) is 4.55. The van der Waals surface area contributed by atoms with E-state index in [9.17, 15) is 19.1 Å². The monoisotopic (exact) mass is 317 g/mol. The average Bonchev–Trinajstić information content (AvgIpc) is 2.42. The molecule has 2 N–H and O–H groups in total. The largest absolute Gasteiger partial charge is 0.480 e. The van der Waals surface area contributed by atoms with E-state index in [1.165, 1.54) is 12.1 Å². The van der Waals surface area contributed by atoms with Crippen molar-refractivity contribution in [2.45, 2.75) is 18.4 Å². The molecule has 0 aromatic heterocycles. The summed E-state index contributed by atoms with van der Waals surface area (Å²) >= 11 is 7.39. The Hall–Kier alpha value is -1.27. The van der Waals surface area contributed by atoms with Gasteiger partial charge >= 0.3 is 5.97 Å². The molecule has 1 aromatic carbocycles. The van der Waals surface area contributed by atoms with E-state index in [1.54, 1.807) is 11.8 Å². The molecule has 1 aromatic rings. The summed E-state index contributed by atoms with van der Waals surface area (Å²) in [7, 11) is 0. The Balaban J connectivity index is 2.25. The Bertz CT molecular complexity index is 546. The second-order valence-corrected chi connectivity index (χ2v) is 6.16. The molecule has 1 amide bonds. The van der Waals surface area contributed by atoms with E-state index in [0.29, 0.717) is 24.3 Å². The van der Waals surface area contributed by atoms with Crippen LogP contribution in [-0.4, -0.2) is 34.0 Å². The number of benzene rings is 1. The summed E-state index contributed by atoms with van der Waals surface area (Å²) < 4.78 is 13.3. The molecule has 0 atom stereocenters. The fourth-order valence-electron chi connectivity index (χ4n) is 2.08. The molecular formula is C13H13ClFNO3S. The van der Waals surface area contributed by atoms with E-state index >= 15 is 0 Å². The summed E-state index contributed by atoms with van der Waals surface area (Å²) in [5.74, 6) is -1.13. The van der Waals surface area contributed by atoms with Crippen LogP contribution in [-0.2, 0) is 4.79 Å². The highest BCUT2D eigenvalue weighted by atomic mass is 35.5. The fraction of sp³-hybridized carbons (Fsp3) is 0.385. The van der Waals surface area contributed by atoms with Crippen molar-refractivity contribution in [2.75, 3.05) is 11.5 Å². The number of hydrogen-bond donors (Lipinski definition) is 2. The van der Waals surface area contributed by atoms with Gasteiger partial charge in [-0.1, -0.05) is 17.7 Å². The van der Waals surface area contributed by atoms with Crippen LogP contribution in [0.25, 0.3) is 0 Å². The molecule has 20 heavy (non-hydrogen) atoms. The molecule has 2 rings (SSSR count). The predicted octanol–water partition coefficient (Wildman–Crippen LogP) is 2.56. The summed E-state index contributed by atoms with van der Waals surface area (Å²) in [5.41, 5.74) is -1.34. The molecule has 0 radical (unpaired) electrons. The van der Waals surface area contributed by atoms with Crippen LogP contribution in [0.5, 0.6) is 0 Å². The van der Waals surface area contributed by atoms with Gasteiger partial charge in [0.15, 0.2) is 0 Å². The van der Waals surface area contributed by atoms with Gasteiger partial charge < -0.3 is 10.4 Å². The van der Waals surface area contributed by atoms with Crippen LogP contribution in [0.1, 0.15) is 23.2 Å². The third-order valence-electron chi connectivity index (χ3n) is 3.30. The standard InChI is InChI=1S/C13H13ClFNO3S/c14-10-8(2-1-3-9(10)15)11(17)16-13(12(18)19)4-6-20-7-5-13/h1-3H,4-7H2,(H,16,17)(H,18,19). The summed E-state index contributed by atoms with van der Waals surface area (Å²) in [6.07, 6.45) is 0.678. The summed E-state index contributed by atoms with van der Waals surface area (Å²) in [6, 6.07) is 3.87. The molecular weight excluding hydrogens is 305 g/mol. The second-order valence-electron chi connectivity index (χ2n) is 4.56. The van der Waals surface area contributed by atoms with E-state index in [0.717, 1.165) is 6.07 Å². The van der Waals surface area contributed by atoms with Gasteiger partial charge in [0.1, 0.15) is 11.4 Å². The minimum atomic E-state index is -1.29. The lowest BCUT2D eigenvalue weighted by molar-refractivity contribution is -0.144. The van der Waals surface area contributed by atoms with E-state index in [4.69, 9.17) is 11.6 Å². The van der Waals surface area contributed by atoms with Crippen molar-refractivity contribution in [3.05, 3.63) is 34.6 Å². The van der Waals surface area contributed by atoms with Gasteiger partial charge in [0, 0.05) is 0 Å². The lowest BCUT2D eigenvalue weighted by atomic mass is 9.92. The highest BCUT2D eigenvalue weighted by molar-refractivity contribution is 7.99. The van der Waals surface area contributed by atoms with Gasteiger partial charge in [-0.3, -0.25) is 4.79 Å². The molecule has 1 saturated heterocycles. The number of halogens is 2. The van der Waals surface area contributed by atoms with E-state index < -0.39 is 23.2 Å². The molecule has 108 valence electrons. The molecule has 0 bridgehead atoms. The number of carboxylic acids is 1. The number of rotatable bonds is 3. The highest BCUT2D eigenvalue weighted by Gasteiger charge is 2.41. The van der Waals surface area contributed by atoms with Crippen LogP contribution >= 0.6 is 23.4 Å². The predicted molar refractivity (Wildman–Crippen MR) is 75.8 cm³/mol. The first-order valence-corrected chi connectivity index (χ1v) is 7.57. The van der Waals surface area contributed by atoms with Crippen molar-refractivity contribution < 1.29 is 19.1 Å². The Morgan fingerprint density at radius 3 is 2.60 bits per heavy atom.